The Kier molecular flexibility index (Phi) is 6.36. The van der Waals surface area contributed by atoms with Crippen molar-refractivity contribution < 1.29 is 0 Å². The van der Waals surface area contributed by atoms with Crippen molar-refractivity contribution in [2.75, 3.05) is 0 Å². The molecular weight excluding hydrogens is 615 g/mol. The Bertz CT molecular complexity index is 2820. The van der Waals surface area contributed by atoms with Crippen LogP contribution in [-0.4, -0.2) is 15.0 Å². The Morgan fingerprint density at radius 2 is 0.939 bits per heavy atom. The molecule has 0 aliphatic carbocycles. The summed E-state index contributed by atoms with van der Waals surface area (Å²) in [5.41, 5.74) is 5.18. The third-order valence-corrected chi connectivity index (χ3v) is 10.7. The number of benzene rings is 8. The highest BCUT2D eigenvalue weighted by atomic mass is 32.1. The topological polar surface area (TPSA) is 38.7 Å². The molecule has 2 aromatic heterocycles. The number of hydrogen-bond donors (Lipinski definition) is 0. The smallest absolute Gasteiger partial charge is 0.164 e. The summed E-state index contributed by atoms with van der Waals surface area (Å²) in [6.07, 6.45) is 0. The van der Waals surface area contributed by atoms with E-state index in [9.17, 15) is 0 Å². The van der Waals surface area contributed by atoms with Crippen LogP contribution in [0.3, 0.4) is 0 Å². The Morgan fingerprint density at radius 1 is 0.347 bits per heavy atom. The Balaban J connectivity index is 1.22. The zero-order valence-electron chi connectivity index (χ0n) is 26.3. The van der Waals surface area contributed by atoms with Gasteiger partial charge in [-0.3, -0.25) is 0 Å². The lowest BCUT2D eigenvalue weighted by Gasteiger charge is -2.14. The predicted molar refractivity (Wildman–Crippen MR) is 207 cm³/mol. The standard InChI is InChI=1S/C45H27N3S/c1-3-11-30(12-4-1)43-46-44(31-13-5-2-6-14-31)48-45(47-43)34-25-32-15-7-8-16-35(32)38(27-34)33-22-20-28-19-21-29-23-24-37-36-17-9-10-18-40(36)49-42(37)41(29)39(28)26-33/h1-27H. The van der Waals surface area contributed by atoms with Crippen molar-refractivity contribution in [2.24, 2.45) is 0 Å². The second-order valence-electron chi connectivity index (χ2n) is 12.4. The molecule has 10 aromatic rings. The number of fused-ring (bicyclic) bond motifs is 8. The van der Waals surface area contributed by atoms with E-state index in [0.717, 1.165) is 33.2 Å². The van der Waals surface area contributed by atoms with Crippen LogP contribution in [0.25, 0.3) is 97.8 Å². The molecular formula is C45H27N3S. The van der Waals surface area contributed by atoms with Crippen molar-refractivity contribution in [3.63, 3.8) is 0 Å². The highest BCUT2D eigenvalue weighted by Crippen LogP contribution is 2.43. The maximum atomic E-state index is 5.07. The molecule has 4 heteroatoms. The minimum absolute atomic E-state index is 0.651. The van der Waals surface area contributed by atoms with E-state index >= 15 is 0 Å². The Hall–Kier alpha value is -6.23. The molecule has 8 aromatic carbocycles. The van der Waals surface area contributed by atoms with Crippen LogP contribution in [0.15, 0.2) is 164 Å². The van der Waals surface area contributed by atoms with Gasteiger partial charge in [-0.05, 0) is 62.3 Å². The Morgan fingerprint density at radius 3 is 1.69 bits per heavy atom. The molecule has 0 bridgehead atoms. The van der Waals surface area contributed by atoms with Gasteiger partial charge in [-0.2, -0.15) is 0 Å². The average molecular weight is 642 g/mol. The first-order valence-electron chi connectivity index (χ1n) is 16.4. The number of rotatable bonds is 4. The lowest BCUT2D eigenvalue weighted by molar-refractivity contribution is 1.07. The van der Waals surface area contributed by atoms with Crippen molar-refractivity contribution in [1.29, 1.82) is 0 Å². The van der Waals surface area contributed by atoms with Crippen LogP contribution in [0.5, 0.6) is 0 Å². The third kappa shape index (κ3) is 4.68. The van der Waals surface area contributed by atoms with Gasteiger partial charge in [-0.15, -0.1) is 11.3 Å². The summed E-state index contributed by atoms with van der Waals surface area (Å²) < 4.78 is 2.66. The lowest BCUT2D eigenvalue weighted by Crippen LogP contribution is -2.00. The molecule has 0 atom stereocenters. The molecule has 49 heavy (non-hydrogen) atoms. The zero-order valence-corrected chi connectivity index (χ0v) is 27.2. The molecule has 0 fully saturated rings. The maximum Gasteiger partial charge on any atom is 0.164 e. The molecule has 10 rings (SSSR count). The first kappa shape index (κ1) is 27.8. The van der Waals surface area contributed by atoms with Gasteiger partial charge in [0, 0.05) is 42.2 Å². The molecule has 228 valence electrons. The van der Waals surface area contributed by atoms with Crippen molar-refractivity contribution in [3.05, 3.63) is 164 Å². The molecule has 0 unspecified atom stereocenters. The molecule has 0 spiro atoms. The lowest BCUT2D eigenvalue weighted by atomic mass is 9.92. The van der Waals surface area contributed by atoms with Gasteiger partial charge in [0.15, 0.2) is 17.5 Å². The van der Waals surface area contributed by atoms with Crippen LogP contribution in [0.4, 0.5) is 0 Å². The van der Waals surface area contributed by atoms with Crippen LogP contribution < -0.4 is 0 Å². The number of aromatic nitrogens is 3. The van der Waals surface area contributed by atoms with Gasteiger partial charge in [0.2, 0.25) is 0 Å². The molecule has 0 amide bonds. The SMILES string of the molecule is c1ccc(-c2nc(-c3ccccc3)nc(-c3cc(-c4ccc5ccc6ccc7c8ccccc8sc7c6c5c4)c4ccccc4c3)n2)cc1. The van der Waals surface area contributed by atoms with E-state index in [-0.39, 0.29) is 0 Å². The van der Waals surface area contributed by atoms with E-state index < -0.39 is 0 Å². The number of thiophene rings is 1. The highest BCUT2D eigenvalue weighted by Gasteiger charge is 2.16. The largest absolute Gasteiger partial charge is 0.208 e. The summed E-state index contributed by atoms with van der Waals surface area (Å²) in [6, 6.07) is 58.0. The predicted octanol–water partition coefficient (Wildman–Crippen LogP) is 12.4. The molecule has 0 saturated carbocycles. The normalized spacial score (nSPS) is 11.7. The fourth-order valence-corrected chi connectivity index (χ4v) is 8.37. The van der Waals surface area contributed by atoms with E-state index in [1.54, 1.807) is 0 Å². The second kappa shape index (κ2) is 11.2. The minimum Gasteiger partial charge on any atom is -0.208 e. The maximum absolute atomic E-state index is 5.07. The van der Waals surface area contributed by atoms with Crippen LogP contribution in [0.1, 0.15) is 0 Å². The first-order valence-corrected chi connectivity index (χ1v) is 17.3. The monoisotopic (exact) mass is 641 g/mol. The number of nitrogens with zero attached hydrogens (tertiary/aromatic N) is 3. The highest BCUT2D eigenvalue weighted by molar-refractivity contribution is 7.26. The molecule has 0 aliphatic heterocycles. The van der Waals surface area contributed by atoms with E-state index in [2.05, 4.69) is 103 Å². The minimum atomic E-state index is 0.651. The van der Waals surface area contributed by atoms with Gasteiger partial charge in [0.25, 0.3) is 0 Å². The summed E-state index contributed by atoms with van der Waals surface area (Å²) in [5, 5.41) is 10.0. The fourth-order valence-electron chi connectivity index (χ4n) is 7.10. The molecule has 0 saturated heterocycles. The molecule has 3 nitrogen and oxygen atoms in total. The van der Waals surface area contributed by atoms with Gasteiger partial charge in [-0.25, -0.2) is 15.0 Å². The fraction of sp³-hybridized carbons (Fsp3) is 0. The van der Waals surface area contributed by atoms with Crippen LogP contribution >= 0.6 is 11.3 Å². The third-order valence-electron chi connectivity index (χ3n) is 9.47. The summed E-state index contributed by atoms with van der Waals surface area (Å²) in [7, 11) is 0. The number of hydrogen-bond acceptors (Lipinski definition) is 4. The van der Waals surface area contributed by atoms with E-state index in [1.165, 1.54) is 47.1 Å². The molecule has 0 aliphatic rings. The van der Waals surface area contributed by atoms with Crippen LogP contribution in [-0.2, 0) is 0 Å². The van der Waals surface area contributed by atoms with Gasteiger partial charge < -0.3 is 0 Å². The van der Waals surface area contributed by atoms with Gasteiger partial charge in [0.05, 0.1) is 0 Å². The van der Waals surface area contributed by atoms with Crippen LogP contribution in [0, 0.1) is 0 Å². The summed E-state index contributed by atoms with van der Waals surface area (Å²) >= 11 is 1.89. The average Bonchev–Trinajstić information content (AvgIpc) is 3.56. The second-order valence-corrected chi connectivity index (χ2v) is 13.5. The van der Waals surface area contributed by atoms with Crippen LogP contribution in [0.2, 0.25) is 0 Å². The summed E-state index contributed by atoms with van der Waals surface area (Å²) in [6.45, 7) is 0. The van der Waals surface area contributed by atoms with Gasteiger partial charge in [0.1, 0.15) is 0 Å². The summed E-state index contributed by atoms with van der Waals surface area (Å²) in [5.74, 6) is 1.96. The molecule has 2 heterocycles. The van der Waals surface area contributed by atoms with Gasteiger partial charge in [-0.1, -0.05) is 140 Å². The van der Waals surface area contributed by atoms with Crippen molar-refractivity contribution in [2.45, 2.75) is 0 Å². The molecule has 0 N–H and O–H groups in total. The first-order chi connectivity index (χ1) is 24.3. The van der Waals surface area contributed by atoms with Gasteiger partial charge >= 0.3 is 0 Å². The molecule has 0 radical (unpaired) electrons. The van der Waals surface area contributed by atoms with E-state index in [0.29, 0.717) is 17.5 Å². The van der Waals surface area contributed by atoms with E-state index in [4.69, 9.17) is 15.0 Å². The Labute approximate surface area is 286 Å². The van der Waals surface area contributed by atoms with Crippen molar-refractivity contribution in [1.82, 2.24) is 15.0 Å². The van der Waals surface area contributed by atoms with Crippen molar-refractivity contribution in [3.8, 4) is 45.3 Å². The van der Waals surface area contributed by atoms with Crippen molar-refractivity contribution >= 4 is 63.8 Å². The van der Waals surface area contributed by atoms with E-state index in [1.807, 2.05) is 72.0 Å². The quantitative estimate of drug-likeness (QED) is 0.180. The summed E-state index contributed by atoms with van der Waals surface area (Å²) in [4.78, 5) is 15.1. The zero-order chi connectivity index (χ0) is 32.3.